The van der Waals surface area contributed by atoms with Gasteiger partial charge >= 0.3 is 0 Å². The first-order valence-corrected chi connectivity index (χ1v) is 10.0. The minimum Gasteiger partial charge on any atom is -0.346 e. The van der Waals surface area contributed by atoms with E-state index in [9.17, 15) is 13.2 Å². The minimum absolute atomic E-state index is 0.243. The van der Waals surface area contributed by atoms with Gasteiger partial charge in [0.05, 0.1) is 10.9 Å². The largest absolute Gasteiger partial charge is 0.346 e. The zero-order valence-corrected chi connectivity index (χ0v) is 16.0. The molecule has 0 radical (unpaired) electrons. The molecule has 0 bridgehead atoms. The van der Waals surface area contributed by atoms with Crippen molar-refractivity contribution >= 4 is 45.0 Å². The third kappa shape index (κ3) is 5.59. The van der Waals surface area contributed by atoms with Gasteiger partial charge in [-0.05, 0) is 48.4 Å². The summed E-state index contributed by atoms with van der Waals surface area (Å²) in [6.07, 6.45) is 4.14. The topological polar surface area (TPSA) is 63.2 Å². The average Bonchev–Trinajstić information content (AvgIpc) is 2.53. The number of hydrogen-bond donors (Lipinski definition) is 1. The van der Waals surface area contributed by atoms with Crippen LogP contribution >= 0.6 is 23.2 Å². The third-order valence-electron chi connectivity index (χ3n) is 3.54. The highest BCUT2D eigenvalue weighted by atomic mass is 35.5. The van der Waals surface area contributed by atoms with Crippen LogP contribution in [0.3, 0.4) is 0 Å². The van der Waals surface area contributed by atoms with E-state index in [0.29, 0.717) is 15.6 Å². The number of rotatable bonds is 5. The lowest BCUT2D eigenvalue weighted by Crippen LogP contribution is -2.24. The Labute approximate surface area is 157 Å². The summed E-state index contributed by atoms with van der Waals surface area (Å²) in [4.78, 5) is 12.3. The van der Waals surface area contributed by atoms with Crippen molar-refractivity contribution in [2.75, 3.05) is 6.26 Å². The van der Waals surface area contributed by atoms with Crippen molar-refractivity contribution in [1.29, 1.82) is 0 Å². The standard InChI is InChI=1S/C18H17Cl2NO3S/c1-12(13-4-8-16(9-5-13)25(2,23)24)21-18(22)10-6-14-3-7-15(19)11-17(14)20/h3-12H,1-2H3,(H,21,22)/b10-6+/t12-/m1/s1. The van der Waals surface area contributed by atoms with E-state index in [1.165, 1.54) is 18.2 Å². The average molecular weight is 398 g/mol. The van der Waals surface area contributed by atoms with Crippen LogP contribution in [0.4, 0.5) is 0 Å². The molecule has 25 heavy (non-hydrogen) atoms. The molecule has 1 amide bonds. The van der Waals surface area contributed by atoms with Crippen molar-refractivity contribution in [1.82, 2.24) is 5.32 Å². The predicted molar refractivity (Wildman–Crippen MR) is 102 cm³/mol. The van der Waals surface area contributed by atoms with Crippen molar-refractivity contribution in [3.05, 3.63) is 69.7 Å². The molecule has 0 spiro atoms. The number of sulfone groups is 1. The Morgan fingerprint density at radius 1 is 1.12 bits per heavy atom. The fourth-order valence-corrected chi connectivity index (χ4v) is 3.25. The van der Waals surface area contributed by atoms with Crippen molar-refractivity contribution in [2.24, 2.45) is 0 Å². The van der Waals surface area contributed by atoms with E-state index in [2.05, 4.69) is 5.32 Å². The lowest BCUT2D eigenvalue weighted by atomic mass is 10.1. The number of carbonyl (C=O) groups is 1. The van der Waals surface area contributed by atoms with Crippen LogP contribution in [0.2, 0.25) is 10.0 Å². The van der Waals surface area contributed by atoms with E-state index in [-0.39, 0.29) is 16.8 Å². The summed E-state index contributed by atoms with van der Waals surface area (Å²) < 4.78 is 22.9. The first-order chi connectivity index (χ1) is 11.7. The summed E-state index contributed by atoms with van der Waals surface area (Å²) in [5, 5.41) is 3.80. The van der Waals surface area contributed by atoms with Gasteiger partial charge in [-0.15, -0.1) is 0 Å². The van der Waals surface area contributed by atoms with Gasteiger partial charge in [0.1, 0.15) is 0 Å². The second-order valence-electron chi connectivity index (χ2n) is 5.57. The molecule has 1 N–H and O–H groups in total. The number of halogens is 2. The second kappa shape index (κ2) is 8.04. The Morgan fingerprint density at radius 2 is 1.76 bits per heavy atom. The highest BCUT2D eigenvalue weighted by Crippen LogP contribution is 2.22. The SMILES string of the molecule is C[C@@H](NC(=O)/C=C/c1ccc(Cl)cc1Cl)c1ccc(S(C)(=O)=O)cc1. The van der Waals surface area contributed by atoms with Crippen LogP contribution in [-0.2, 0) is 14.6 Å². The molecular formula is C18H17Cl2NO3S. The van der Waals surface area contributed by atoms with Gasteiger partial charge in [-0.2, -0.15) is 0 Å². The molecule has 0 saturated heterocycles. The lowest BCUT2D eigenvalue weighted by Gasteiger charge is -2.13. The molecule has 0 heterocycles. The van der Waals surface area contributed by atoms with E-state index in [1.807, 2.05) is 6.92 Å². The van der Waals surface area contributed by atoms with Gasteiger partial charge in [0.15, 0.2) is 9.84 Å². The predicted octanol–water partition coefficient (Wildman–Crippen LogP) is 4.29. The first-order valence-electron chi connectivity index (χ1n) is 7.40. The van der Waals surface area contributed by atoms with Gasteiger partial charge in [-0.1, -0.05) is 41.4 Å². The molecule has 0 aromatic heterocycles. The van der Waals surface area contributed by atoms with Gasteiger partial charge < -0.3 is 5.32 Å². The Morgan fingerprint density at radius 3 is 2.32 bits per heavy atom. The summed E-state index contributed by atoms with van der Waals surface area (Å²) >= 11 is 11.9. The smallest absolute Gasteiger partial charge is 0.244 e. The Bertz CT molecular complexity index is 906. The molecule has 2 aromatic carbocycles. The summed E-state index contributed by atoms with van der Waals surface area (Å²) in [5.74, 6) is -0.286. The number of amides is 1. The van der Waals surface area contributed by atoms with Crippen LogP contribution < -0.4 is 5.32 Å². The van der Waals surface area contributed by atoms with E-state index in [1.54, 1.807) is 36.4 Å². The van der Waals surface area contributed by atoms with Crippen LogP contribution in [-0.4, -0.2) is 20.6 Å². The molecule has 7 heteroatoms. The van der Waals surface area contributed by atoms with Crippen LogP contribution in [0.5, 0.6) is 0 Å². The van der Waals surface area contributed by atoms with Crippen LogP contribution in [0.1, 0.15) is 24.1 Å². The quantitative estimate of drug-likeness (QED) is 0.765. The number of nitrogens with one attached hydrogen (secondary N) is 1. The van der Waals surface area contributed by atoms with Gasteiger partial charge in [-0.3, -0.25) is 4.79 Å². The molecule has 0 saturated carbocycles. The fourth-order valence-electron chi connectivity index (χ4n) is 2.15. The number of hydrogen-bond acceptors (Lipinski definition) is 3. The zero-order valence-electron chi connectivity index (χ0n) is 13.7. The van der Waals surface area contributed by atoms with Gasteiger partial charge in [0, 0.05) is 22.4 Å². The van der Waals surface area contributed by atoms with Crippen molar-refractivity contribution in [3.8, 4) is 0 Å². The fraction of sp³-hybridized carbons (Fsp3) is 0.167. The number of carbonyl (C=O) groups excluding carboxylic acids is 1. The third-order valence-corrected chi connectivity index (χ3v) is 5.23. The molecule has 1 atom stereocenters. The molecule has 2 aromatic rings. The highest BCUT2D eigenvalue weighted by molar-refractivity contribution is 7.90. The molecule has 132 valence electrons. The van der Waals surface area contributed by atoms with Crippen molar-refractivity contribution in [2.45, 2.75) is 17.9 Å². The minimum atomic E-state index is -3.24. The van der Waals surface area contributed by atoms with Crippen LogP contribution in [0.15, 0.2) is 53.4 Å². The summed E-state index contributed by atoms with van der Waals surface area (Å²) in [6, 6.07) is 11.2. The Balaban J connectivity index is 2.03. The van der Waals surface area contributed by atoms with E-state index in [4.69, 9.17) is 23.2 Å². The van der Waals surface area contributed by atoms with Crippen LogP contribution in [0, 0.1) is 0 Å². The normalized spacial score (nSPS) is 13.0. The molecule has 4 nitrogen and oxygen atoms in total. The highest BCUT2D eigenvalue weighted by Gasteiger charge is 2.11. The second-order valence-corrected chi connectivity index (χ2v) is 8.43. The Kier molecular flexibility index (Phi) is 6.27. The van der Waals surface area contributed by atoms with Crippen LogP contribution in [0.25, 0.3) is 6.08 Å². The summed E-state index contributed by atoms with van der Waals surface area (Å²) in [7, 11) is -3.24. The monoisotopic (exact) mass is 397 g/mol. The van der Waals surface area contributed by atoms with Gasteiger partial charge in [-0.25, -0.2) is 8.42 Å². The van der Waals surface area contributed by atoms with Crippen molar-refractivity contribution < 1.29 is 13.2 Å². The number of benzene rings is 2. The maximum atomic E-state index is 12.0. The molecule has 0 fully saturated rings. The molecular weight excluding hydrogens is 381 g/mol. The van der Waals surface area contributed by atoms with E-state index >= 15 is 0 Å². The maximum absolute atomic E-state index is 12.0. The van der Waals surface area contributed by atoms with E-state index in [0.717, 1.165) is 11.8 Å². The molecule has 2 rings (SSSR count). The molecule has 0 unspecified atom stereocenters. The summed E-state index contributed by atoms with van der Waals surface area (Å²) in [5.41, 5.74) is 1.49. The zero-order chi connectivity index (χ0) is 18.6. The molecule has 0 aliphatic rings. The van der Waals surface area contributed by atoms with Crippen molar-refractivity contribution in [3.63, 3.8) is 0 Å². The molecule has 0 aliphatic heterocycles. The lowest BCUT2D eigenvalue weighted by molar-refractivity contribution is -0.117. The van der Waals surface area contributed by atoms with Gasteiger partial charge in [0.25, 0.3) is 0 Å². The first kappa shape index (κ1) is 19.5. The summed E-state index contributed by atoms with van der Waals surface area (Å²) in [6.45, 7) is 1.82. The van der Waals surface area contributed by atoms with E-state index < -0.39 is 9.84 Å². The molecule has 0 aliphatic carbocycles. The van der Waals surface area contributed by atoms with Gasteiger partial charge in [0.2, 0.25) is 5.91 Å². The maximum Gasteiger partial charge on any atom is 0.244 e. The Hall–Kier alpha value is -1.82.